The van der Waals surface area contributed by atoms with Gasteiger partial charge in [0, 0.05) is 13.6 Å². The third-order valence-electron chi connectivity index (χ3n) is 2.36. The van der Waals surface area contributed by atoms with Crippen molar-refractivity contribution >= 4 is 5.91 Å². The number of hydrogen-bond acceptors (Lipinski definition) is 2. The van der Waals surface area contributed by atoms with Crippen molar-refractivity contribution in [3.63, 3.8) is 0 Å². The number of rotatable bonds is 1. The molecule has 2 N–H and O–H groups in total. The first kappa shape index (κ1) is 10.3. The second-order valence-corrected chi connectivity index (χ2v) is 3.09. The highest BCUT2D eigenvalue weighted by molar-refractivity contribution is 5.84. The first-order chi connectivity index (χ1) is 5.94. The Bertz CT molecular complexity index is 208. The highest BCUT2D eigenvalue weighted by Gasteiger charge is 2.61. The number of carbonyl (C=O) groups excluding carboxylic acids is 1. The van der Waals surface area contributed by atoms with Crippen molar-refractivity contribution in [3.8, 4) is 0 Å². The van der Waals surface area contributed by atoms with Crippen molar-refractivity contribution in [2.24, 2.45) is 5.41 Å². The predicted molar refractivity (Wildman–Crippen MR) is 40.0 cm³/mol. The Morgan fingerprint density at radius 3 is 2.46 bits per heavy atom. The maximum absolute atomic E-state index is 12.6. The van der Waals surface area contributed by atoms with Gasteiger partial charge >= 0.3 is 6.18 Å². The number of alkyl halides is 3. The Morgan fingerprint density at radius 2 is 2.15 bits per heavy atom. The second-order valence-electron chi connectivity index (χ2n) is 3.09. The van der Waals surface area contributed by atoms with Gasteiger partial charge in [-0.3, -0.25) is 4.79 Å². The van der Waals surface area contributed by atoms with Crippen LogP contribution in [0.3, 0.4) is 0 Å². The molecule has 3 nitrogen and oxygen atoms in total. The highest BCUT2D eigenvalue weighted by atomic mass is 19.4. The van der Waals surface area contributed by atoms with Gasteiger partial charge in [0.25, 0.3) is 0 Å². The van der Waals surface area contributed by atoms with Gasteiger partial charge in [0.2, 0.25) is 5.91 Å². The molecule has 1 amide bonds. The minimum Gasteiger partial charge on any atom is -0.358 e. The summed E-state index contributed by atoms with van der Waals surface area (Å²) >= 11 is 0. The van der Waals surface area contributed by atoms with Gasteiger partial charge in [-0.05, 0) is 13.0 Å². The number of hydrogen-bond donors (Lipinski definition) is 2. The molecule has 1 heterocycles. The third kappa shape index (κ3) is 1.50. The molecule has 1 atom stereocenters. The second kappa shape index (κ2) is 3.17. The van der Waals surface area contributed by atoms with E-state index in [1.165, 1.54) is 7.05 Å². The van der Waals surface area contributed by atoms with E-state index in [2.05, 4.69) is 10.6 Å². The Hall–Kier alpha value is -0.780. The molecule has 0 aromatic rings. The summed E-state index contributed by atoms with van der Waals surface area (Å²) in [6.45, 7) is -0.0941. The van der Waals surface area contributed by atoms with E-state index < -0.39 is 17.5 Å². The zero-order valence-electron chi connectivity index (χ0n) is 7.16. The van der Waals surface area contributed by atoms with E-state index >= 15 is 0 Å². The first-order valence-electron chi connectivity index (χ1n) is 3.94. The van der Waals surface area contributed by atoms with Crippen molar-refractivity contribution < 1.29 is 18.0 Å². The molecule has 1 saturated heterocycles. The Morgan fingerprint density at radius 1 is 1.54 bits per heavy atom. The van der Waals surface area contributed by atoms with Crippen molar-refractivity contribution in [1.82, 2.24) is 10.6 Å². The smallest absolute Gasteiger partial charge is 0.358 e. The fourth-order valence-electron chi connectivity index (χ4n) is 1.50. The fraction of sp³-hybridized carbons (Fsp3) is 0.857. The van der Waals surface area contributed by atoms with Crippen LogP contribution in [0.1, 0.15) is 6.42 Å². The number of halogens is 3. The summed E-state index contributed by atoms with van der Waals surface area (Å²) in [5.41, 5.74) is -2.22. The Labute approximate surface area is 73.7 Å². The maximum Gasteiger partial charge on any atom is 0.404 e. The van der Waals surface area contributed by atoms with E-state index in [-0.39, 0.29) is 19.5 Å². The van der Waals surface area contributed by atoms with Gasteiger partial charge in [-0.2, -0.15) is 13.2 Å². The summed E-state index contributed by atoms with van der Waals surface area (Å²) in [4.78, 5) is 11.1. The minimum absolute atomic E-state index is 0.184. The topological polar surface area (TPSA) is 41.1 Å². The fourth-order valence-corrected chi connectivity index (χ4v) is 1.50. The van der Waals surface area contributed by atoms with Crippen LogP contribution in [0.2, 0.25) is 0 Å². The van der Waals surface area contributed by atoms with Gasteiger partial charge < -0.3 is 10.6 Å². The Balaban J connectivity index is 2.94. The van der Waals surface area contributed by atoms with Crippen LogP contribution in [0.4, 0.5) is 13.2 Å². The van der Waals surface area contributed by atoms with Gasteiger partial charge in [-0.15, -0.1) is 0 Å². The number of amides is 1. The molecule has 1 aliphatic heterocycles. The zero-order chi connectivity index (χ0) is 10.1. The molecule has 0 aromatic heterocycles. The summed E-state index contributed by atoms with van der Waals surface area (Å²) in [5, 5.41) is 4.61. The summed E-state index contributed by atoms with van der Waals surface area (Å²) in [7, 11) is 1.22. The van der Waals surface area contributed by atoms with Crippen LogP contribution in [0.25, 0.3) is 0 Å². The lowest BCUT2D eigenvalue weighted by Crippen LogP contribution is -2.51. The number of nitrogens with one attached hydrogen (secondary N) is 2. The molecule has 1 rings (SSSR count). The molecule has 0 unspecified atom stereocenters. The molecular formula is C7H11F3N2O. The number of carbonyl (C=O) groups is 1. The van der Waals surface area contributed by atoms with Crippen molar-refractivity contribution in [2.75, 3.05) is 20.1 Å². The largest absolute Gasteiger partial charge is 0.404 e. The molecule has 1 fully saturated rings. The average molecular weight is 196 g/mol. The van der Waals surface area contributed by atoms with Gasteiger partial charge in [-0.1, -0.05) is 0 Å². The normalized spacial score (nSPS) is 28.9. The third-order valence-corrected chi connectivity index (χ3v) is 2.36. The monoisotopic (exact) mass is 196 g/mol. The van der Waals surface area contributed by atoms with Crippen LogP contribution in [0, 0.1) is 5.41 Å². The van der Waals surface area contributed by atoms with Crippen molar-refractivity contribution in [3.05, 3.63) is 0 Å². The van der Waals surface area contributed by atoms with Gasteiger partial charge in [-0.25, -0.2) is 0 Å². The molecule has 0 spiro atoms. The molecule has 76 valence electrons. The molecule has 13 heavy (non-hydrogen) atoms. The van der Waals surface area contributed by atoms with Crippen LogP contribution >= 0.6 is 0 Å². The molecule has 0 aliphatic carbocycles. The van der Waals surface area contributed by atoms with E-state index in [0.717, 1.165) is 0 Å². The van der Waals surface area contributed by atoms with Crippen LogP contribution in [0.15, 0.2) is 0 Å². The molecule has 1 aliphatic rings. The lowest BCUT2D eigenvalue weighted by molar-refractivity contribution is -0.215. The molecule has 0 radical (unpaired) electrons. The lowest BCUT2D eigenvalue weighted by atomic mass is 9.85. The standard InChI is InChI=1S/C7H11F3N2O/c1-11-5(13)6(7(8,9)10)2-3-12-4-6/h12H,2-4H2,1H3,(H,11,13)/t6-/m0/s1. The summed E-state index contributed by atoms with van der Waals surface area (Å²) in [6.07, 6.45) is -4.66. The van der Waals surface area contributed by atoms with Gasteiger partial charge in [0.1, 0.15) is 0 Å². The zero-order valence-corrected chi connectivity index (χ0v) is 7.16. The van der Waals surface area contributed by atoms with Crippen molar-refractivity contribution in [2.45, 2.75) is 12.6 Å². The first-order valence-corrected chi connectivity index (χ1v) is 3.94. The van der Waals surface area contributed by atoms with Gasteiger partial charge in [0.15, 0.2) is 5.41 Å². The Kier molecular flexibility index (Phi) is 2.51. The maximum atomic E-state index is 12.6. The van der Waals surface area contributed by atoms with E-state index in [0.29, 0.717) is 0 Å². The van der Waals surface area contributed by atoms with Crippen LogP contribution in [-0.2, 0) is 4.79 Å². The predicted octanol–water partition coefficient (Wildman–Crippen LogP) is 0.274. The molecule has 0 bridgehead atoms. The van der Waals surface area contributed by atoms with E-state index in [1.807, 2.05) is 0 Å². The molecule has 0 saturated carbocycles. The average Bonchev–Trinajstić information content (AvgIpc) is 2.50. The SMILES string of the molecule is CNC(=O)[C@]1(C(F)(F)F)CCNC1. The summed E-state index contributed by atoms with van der Waals surface area (Å²) in [6, 6.07) is 0. The van der Waals surface area contributed by atoms with E-state index in [9.17, 15) is 18.0 Å². The summed E-state index contributed by atoms with van der Waals surface area (Å²) in [5.74, 6) is -0.954. The minimum atomic E-state index is -4.48. The highest BCUT2D eigenvalue weighted by Crippen LogP contribution is 2.42. The quantitative estimate of drug-likeness (QED) is 0.632. The van der Waals surface area contributed by atoms with Gasteiger partial charge in [0.05, 0.1) is 0 Å². The van der Waals surface area contributed by atoms with Crippen LogP contribution in [-0.4, -0.2) is 32.2 Å². The molecule has 6 heteroatoms. The van der Waals surface area contributed by atoms with Crippen LogP contribution in [0.5, 0.6) is 0 Å². The van der Waals surface area contributed by atoms with E-state index in [1.54, 1.807) is 0 Å². The summed E-state index contributed by atoms with van der Waals surface area (Å²) < 4.78 is 37.7. The molecular weight excluding hydrogens is 185 g/mol. The molecule has 0 aromatic carbocycles. The van der Waals surface area contributed by atoms with Crippen LogP contribution < -0.4 is 10.6 Å². The van der Waals surface area contributed by atoms with E-state index in [4.69, 9.17) is 0 Å². The van der Waals surface area contributed by atoms with Crippen molar-refractivity contribution in [1.29, 1.82) is 0 Å². The lowest BCUT2D eigenvalue weighted by Gasteiger charge is -2.28.